The molecule has 6 nitrogen and oxygen atoms in total. The first-order valence-electron chi connectivity index (χ1n) is 30.5. The maximum atomic E-state index is 10.0. The van der Waals surface area contributed by atoms with Gasteiger partial charge in [-0.3, -0.25) is 13.7 Å². The summed E-state index contributed by atoms with van der Waals surface area (Å²) in [7, 11) is 0. The van der Waals surface area contributed by atoms with E-state index in [0.29, 0.717) is 56.2 Å². The number of pyridine rings is 1. The molecule has 0 spiro atoms. The summed E-state index contributed by atoms with van der Waals surface area (Å²) in [6, 6.07) is 45.1. The zero-order valence-corrected chi connectivity index (χ0v) is 45.0. The van der Waals surface area contributed by atoms with Crippen molar-refractivity contribution in [3.05, 3.63) is 223 Å². The van der Waals surface area contributed by atoms with Crippen LogP contribution in [0.5, 0.6) is 11.5 Å². The van der Waals surface area contributed by atoms with Gasteiger partial charge < -0.3 is 9.15 Å². The fourth-order valence-electron chi connectivity index (χ4n) is 11.3. The number of nitrogens with zero attached hydrogens (tertiary/aromatic N) is 4. The van der Waals surface area contributed by atoms with E-state index in [1.165, 1.54) is 0 Å². The molecular formula is C72H60N4O2. The van der Waals surface area contributed by atoms with E-state index in [4.69, 9.17) is 14.1 Å². The number of hydrogen-bond donors (Lipinski definition) is 0. The van der Waals surface area contributed by atoms with Gasteiger partial charge in [-0.25, -0.2) is 4.98 Å². The topological polar surface area (TPSA) is 49.0 Å². The van der Waals surface area contributed by atoms with E-state index in [0.717, 1.165) is 66.2 Å². The third-order valence-electron chi connectivity index (χ3n) is 15.5. The standard InChI is InChI=1S/C72H60N4O2/c1-70(2,3)45-33-34-73-67(40-45)76-62-27-16-14-25-55(62)56-31-30-50(42-63(56)76)77-49-20-18-19-48(41-49)74-43-75-68-58(44-29-32-66-59(35-44)57-26-15-17-28-65(57)78-66)36-46(71(4,5)6)37-60(68)53-23-12-10-21-51(53)52-22-11-13-24-54(52)61-38-47(72(7,8)9)39-64(74)69(61)75/h10-42H,1-9H3/i10D,11D,12D,13D,21D,22D,23D,24D. The molecule has 14 rings (SSSR count). The Balaban J connectivity index is 1.08. The van der Waals surface area contributed by atoms with Gasteiger partial charge in [-0.15, -0.1) is 0 Å². The lowest BCUT2D eigenvalue weighted by atomic mass is 9.81. The van der Waals surface area contributed by atoms with Crippen molar-refractivity contribution in [2.75, 3.05) is 0 Å². The van der Waals surface area contributed by atoms with Crippen LogP contribution >= 0.6 is 0 Å². The second-order valence-corrected chi connectivity index (χ2v) is 23.7. The zero-order valence-electron chi connectivity index (χ0n) is 53.0. The van der Waals surface area contributed by atoms with Crippen molar-refractivity contribution in [1.82, 2.24) is 14.1 Å². The molecule has 1 aliphatic rings. The average molecular weight is 1020 g/mol. The summed E-state index contributed by atoms with van der Waals surface area (Å²) < 4.78 is 96.3. The maximum Gasteiger partial charge on any atom is 0.269 e. The predicted molar refractivity (Wildman–Crippen MR) is 321 cm³/mol. The third-order valence-corrected chi connectivity index (χ3v) is 15.5. The van der Waals surface area contributed by atoms with E-state index in [9.17, 15) is 11.0 Å². The van der Waals surface area contributed by atoms with Gasteiger partial charge in [-0.1, -0.05) is 177 Å². The lowest BCUT2D eigenvalue weighted by molar-refractivity contribution is -0.570. The fraction of sp³-hybridized carbons (Fsp3) is 0.167. The van der Waals surface area contributed by atoms with Crippen LogP contribution in [0.1, 0.15) is 90.0 Å². The number of aromatic nitrogens is 4. The maximum absolute atomic E-state index is 10.0. The van der Waals surface area contributed by atoms with E-state index in [1.807, 2.05) is 106 Å². The normalized spacial score (nSPS) is 14.1. The number of benzene rings is 9. The number of hydrogen-bond acceptors (Lipinski definition) is 3. The van der Waals surface area contributed by atoms with Gasteiger partial charge >= 0.3 is 0 Å². The Morgan fingerprint density at radius 3 is 1.85 bits per heavy atom. The SMILES string of the molecule is [2H]c1c([2H])c([2H])c2c(c1[2H])-c1cc(C(C)(C)C)cc(-c3ccc4oc5ccccc5c4c3)c1-[n+]1[c-]n(-c3cccc(Oc4ccc5c6ccccc6n(-c6cc(C(C)(C)C)ccn6)c5c4)c3)c3cc(C(C)(C)C)cc(c31)-c1c([2H])c([2H])c([2H])c([2H])c1-2. The van der Waals surface area contributed by atoms with Gasteiger partial charge in [-0.2, -0.15) is 0 Å². The fourth-order valence-corrected chi connectivity index (χ4v) is 11.3. The minimum absolute atomic E-state index is 0.0291. The molecule has 9 aromatic carbocycles. The molecule has 0 radical (unpaired) electrons. The number of ether oxygens (including phenoxy) is 1. The molecule has 0 amide bonds. The molecule has 0 fully saturated rings. The largest absolute Gasteiger partial charge is 0.458 e. The summed E-state index contributed by atoms with van der Waals surface area (Å²) >= 11 is 0. The highest BCUT2D eigenvalue weighted by Gasteiger charge is 2.31. The highest BCUT2D eigenvalue weighted by Crippen LogP contribution is 2.48. The van der Waals surface area contributed by atoms with E-state index < -0.39 is 47.1 Å². The lowest BCUT2D eigenvalue weighted by Gasteiger charge is -2.26. The van der Waals surface area contributed by atoms with Crippen molar-refractivity contribution in [3.8, 4) is 73.2 Å². The number of rotatable bonds is 5. The third kappa shape index (κ3) is 7.68. The summed E-state index contributed by atoms with van der Waals surface area (Å²) in [4.78, 5) is 4.90. The Morgan fingerprint density at radius 1 is 0.487 bits per heavy atom. The van der Waals surface area contributed by atoms with Gasteiger partial charge in [0.25, 0.3) is 6.33 Å². The Kier molecular flexibility index (Phi) is 8.71. The molecule has 78 heavy (non-hydrogen) atoms. The molecule has 0 bridgehead atoms. The predicted octanol–water partition coefficient (Wildman–Crippen LogP) is 18.8. The summed E-state index contributed by atoms with van der Waals surface area (Å²) in [6.07, 6.45) is 5.70. The van der Waals surface area contributed by atoms with Crippen LogP contribution < -0.4 is 9.30 Å². The number of furan rings is 1. The van der Waals surface area contributed by atoms with Crippen LogP contribution in [0.15, 0.2) is 205 Å². The van der Waals surface area contributed by atoms with Crippen molar-refractivity contribution in [2.24, 2.45) is 0 Å². The summed E-state index contributed by atoms with van der Waals surface area (Å²) in [5.74, 6) is 1.94. The molecule has 380 valence electrons. The first-order chi connectivity index (χ1) is 40.9. The summed E-state index contributed by atoms with van der Waals surface area (Å²) in [5, 5.41) is 3.95. The van der Waals surface area contributed by atoms with Crippen LogP contribution in [0.2, 0.25) is 0 Å². The van der Waals surface area contributed by atoms with E-state index in [1.54, 1.807) is 0 Å². The molecule has 0 saturated carbocycles. The van der Waals surface area contributed by atoms with Gasteiger partial charge in [-0.05, 0) is 150 Å². The van der Waals surface area contributed by atoms with Crippen molar-refractivity contribution in [1.29, 1.82) is 0 Å². The summed E-state index contributed by atoms with van der Waals surface area (Å²) in [6.45, 7) is 19.2. The van der Waals surface area contributed by atoms with E-state index in [-0.39, 0.29) is 39.8 Å². The molecule has 0 aliphatic carbocycles. The first kappa shape index (κ1) is 39.4. The Bertz CT molecular complexity index is 5090. The highest BCUT2D eigenvalue weighted by molar-refractivity contribution is 6.10. The van der Waals surface area contributed by atoms with Crippen molar-refractivity contribution in [3.63, 3.8) is 0 Å². The quantitative estimate of drug-likeness (QED) is 0.127. The Labute approximate surface area is 466 Å². The van der Waals surface area contributed by atoms with Crippen LogP contribution in [0.3, 0.4) is 0 Å². The summed E-state index contributed by atoms with van der Waals surface area (Å²) in [5.41, 5.74) is 9.91. The average Bonchev–Trinajstić information content (AvgIpc) is 1.47. The Morgan fingerprint density at radius 2 is 1.10 bits per heavy atom. The van der Waals surface area contributed by atoms with Crippen molar-refractivity contribution in [2.45, 2.75) is 78.6 Å². The molecule has 0 atom stereocenters. The smallest absolute Gasteiger partial charge is 0.269 e. The van der Waals surface area contributed by atoms with Crippen LogP contribution in [0.4, 0.5) is 0 Å². The molecular weight excluding hydrogens is 953 g/mol. The number of imidazole rings is 1. The number of fused-ring (bicyclic) bond motifs is 13. The molecule has 6 heteroatoms. The molecule has 4 aromatic heterocycles. The first-order valence-corrected chi connectivity index (χ1v) is 26.5. The van der Waals surface area contributed by atoms with Crippen LogP contribution in [0, 0.1) is 6.33 Å². The van der Waals surface area contributed by atoms with Gasteiger partial charge in [0.05, 0.1) is 44.4 Å². The second-order valence-electron chi connectivity index (χ2n) is 23.7. The van der Waals surface area contributed by atoms with Gasteiger partial charge in [0.15, 0.2) is 0 Å². The van der Waals surface area contributed by atoms with Gasteiger partial charge in [0.2, 0.25) is 0 Å². The minimum atomic E-state index is -0.529. The molecule has 0 N–H and O–H groups in total. The highest BCUT2D eigenvalue weighted by atomic mass is 16.5. The molecule has 5 heterocycles. The molecule has 0 unspecified atom stereocenters. The Hall–Kier alpha value is -9.00. The molecule has 0 saturated heterocycles. The van der Waals surface area contributed by atoms with E-state index >= 15 is 0 Å². The van der Waals surface area contributed by atoms with Crippen molar-refractivity contribution < 1.29 is 24.7 Å². The van der Waals surface area contributed by atoms with Crippen LogP contribution in [-0.4, -0.2) is 14.1 Å². The van der Waals surface area contributed by atoms with Crippen molar-refractivity contribution >= 4 is 54.8 Å². The monoisotopic (exact) mass is 1020 g/mol. The van der Waals surface area contributed by atoms with E-state index in [2.05, 4.69) is 128 Å². The second kappa shape index (κ2) is 17.3. The van der Waals surface area contributed by atoms with Crippen LogP contribution in [0.25, 0.3) is 116 Å². The van der Waals surface area contributed by atoms with Crippen LogP contribution in [-0.2, 0) is 16.2 Å². The lowest BCUT2D eigenvalue weighted by Crippen LogP contribution is -2.32. The number of para-hydroxylation sites is 2. The molecule has 1 aliphatic heterocycles. The van der Waals surface area contributed by atoms with Gasteiger partial charge in [0.1, 0.15) is 28.5 Å². The minimum Gasteiger partial charge on any atom is -0.458 e. The zero-order chi connectivity index (χ0) is 60.4. The van der Waals surface area contributed by atoms with Gasteiger partial charge in [0, 0.05) is 33.8 Å². The molecule has 13 aromatic rings.